The number of carbonyl (C=O) groups is 1. The number of nitrogens with two attached hydrogens (primary N) is 1. The maximum Gasteiger partial charge on any atom is 0.332 e. The average molecular weight is 158 g/mol. The summed E-state index contributed by atoms with van der Waals surface area (Å²) in [6.07, 6.45) is 0. The van der Waals surface area contributed by atoms with E-state index in [1.165, 1.54) is 7.11 Å². The summed E-state index contributed by atoms with van der Waals surface area (Å²) in [6, 6.07) is 0. The summed E-state index contributed by atoms with van der Waals surface area (Å²) in [6.45, 7) is 1.60. The van der Waals surface area contributed by atoms with Gasteiger partial charge in [0.15, 0.2) is 5.16 Å². The van der Waals surface area contributed by atoms with Crippen LogP contribution in [0.4, 0.5) is 0 Å². The fourth-order valence-corrected chi connectivity index (χ4v) is 0.707. The zero-order valence-electron chi connectivity index (χ0n) is 6.20. The first-order valence-electron chi connectivity index (χ1n) is 2.90. The van der Waals surface area contributed by atoms with E-state index in [4.69, 9.17) is 5.73 Å². The molecular formula is C5H8N3O3+. The first kappa shape index (κ1) is 7.52. The molecule has 1 amide bonds. The molecule has 0 fully saturated rings. The molecule has 0 unspecified atom stereocenters. The quantitative estimate of drug-likeness (QED) is 0.563. The van der Waals surface area contributed by atoms with Gasteiger partial charge in [-0.25, -0.2) is 0 Å². The summed E-state index contributed by atoms with van der Waals surface area (Å²) < 4.78 is 4.55. The molecule has 6 nitrogen and oxygen atoms in total. The van der Waals surface area contributed by atoms with Crippen molar-refractivity contribution >= 4 is 5.91 Å². The van der Waals surface area contributed by atoms with E-state index in [2.05, 4.69) is 14.6 Å². The van der Waals surface area contributed by atoms with E-state index >= 15 is 0 Å². The monoisotopic (exact) mass is 158 g/mol. The Kier molecular flexibility index (Phi) is 1.75. The highest BCUT2D eigenvalue weighted by Crippen LogP contribution is 1.94. The summed E-state index contributed by atoms with van der Waals surface area (Å²) >= 11 is 0. The molecule has 1 aromatic rings. The van der Waals surface area contributed by atoms with Crippen molar-refractivity contribution in [2.24, 2.45) is 5.73 Å². The Bertz CT molecular complexity index is 281. The van der Waals surface area contributed by atoms with Crippen LogP contribution in [0.2, 0.25) is 0 Å². The second kappa shape index (κ2) is 2.57. The minimum Gasteiger partial charge on any atom is -0.362 e. The molecule has 1 rings (SSSR count). The lowest BCUT2D eigenvalue weighted by atomic mass is 10.3. The number of aromatic nitrogens is 2. The predicted molar refractivity (Wildman–Crippen MR) is 32.5 cm³/mol. The topological polar surface area (TPSA) is 82.2 Å². The normalized spacial score (nSPS) is 9.64. The fraction of sp³-hybridized carbons (Fsp3) is 0.400. The van der Waals surface area contributed by atoms with Gasteiger partial charge in [0, 0.05) is 6.92 Å². The van der Waals surface area contributed by atoms with Gasteiger partial charge in [-0.15, -0.1) is 0 Å². The molecule has 0 aliphatic rings. The van der Waals surface area contributed by atoms with Crippen LogP contribution < -0.4 is 15.5 Å². The van der Waals surface area contributed by atoms with Gasteiger partial charge in [0.25, 0.3) is 5.69 Å². The van der Waals surface area contributed by atoms with E-state index in [9.17, 15) is 4.79 Å². The molecule has 0 bridgehead atoms. The maximum absolute atomic E-state index is 10.7. The van der Waals surface area contributed by atoms with Crippen molar-refractivity contribution in [1.29, 1.82) is 0 Å². The third kappa shape index (κ3) is 1.14. The van der Waals surface area contributed by atoms with Gasteiger partial charge in [-0.1, -0.05) is 0 Å². The van der Waals surface area contributed by atoms with Gasteiger partial charge in [-0.3, -0.25) is 4.79 Å². The lowest BCUT2D eigenvalue weighted by Gasteiger charge is -1.87. The van der Waals surface area contributed by atoms with Crippen LogP contribution in [0.5, 0.6) is 0 Å². The fourth-order valence-electron chi connectivity index (χ4n) is 0.707. The molecule has 6 heteroatoms. The molecule has 0 saturated carbocycles. The molecule has 60 valence electrons. The minimum absolute atomic E-state index is 0.118. The number of aryl methyl sites for hydroxylation is 1. The van der Waals surface area contributed by atoms with Crippen LogP contribution >= 0.6 is 0 Å². The summed E-state index contributed by atoms with van der Waals surface area (Å²) in [4.78, 5) is 16.2. The highest BCUT2D eigenvalue weighted by atomic mass is 16.8. The number of hydrogen-bond acceptors (Lipinski definition) is 4. The van der Waals surface area contributed by atoms with Crippen LogP contribution in [0.1, 0.15) is 16.2 Å². The molecular weight excluding hydrogens is 150 g/mol. The van der Waals surface area contributed by atoms with E-state index in [-0.39, 0.29) is 5.69 Å². The molecule has 1 aromatic heterocycles. The summed E-state index contributed by atoms with van der Waals surface area (Å²) in [5, 5.41) is 3.47. The Balaban J connectivity index is 3.17. The molecule has 0 aromatic carbocycles. The van der Waals surface area contributed by atoms with Gasteiger partial charge in [0.05, 0.1) is 0 Å². The van der Waals surface area contributed by atoms with Gasteiger partial charge in [0.1, 0.15) is 12.0 Å². The lowest BCUT2D eigenvalue weighted by Crippen LogP contribution is -2.45. The third-order valence-electron chi connectivity index (χ3n) is 1.18. The summed E-state index contributed by atoms with van der Waals surface area (Å²) in [5.41, 5.74) is 5.52. The van der Waals surface area contributed by atoms with E-state index in [1.807, 2.05) is 0 Å². The molecule has 0 saturated heterocycles. The van der Waals surface area contributed by atoms with Crippen LogP contribution in [-0.4, -0.2) is 18.2 Å². The maximum atomic E-state index is 10.7. The van der Waals surface area contributed by atoms with Gasteiger partial charge < -0.3 is 10.6 Å². The second-order valence-corrected chi connectivity index (χ2v) is 1.91. The summed E-state index contributed by atoms with van der Waals surface area (Å²) in [7, 11) is 1.34. The van der Waals surface area contributed by atoms with E-state index in [1.54, 1.807) is 6.92 Å². The van der Waals surface area contributed by atoms with Crippen molar-refractivity contribution in [2.75, 3.05) is 7.11 Å². The molecule has 2 N–H and O–H groups in total. The van der Waals surface area contributed by atoms with Gasteiger partial charge in [-0.2, -0.15) is 0 Å². The number of hydrogen-bond donors (Lipinski definition) is 1. The van der Waals surface area contributed by atoms with E-state index in [0.717, 1.165) is 4.90 Å². The van der Waals surface area contributed by atoms with Crippen molar-refractivity contribution in [3.63, 3.8) is 0 Å². The van der Waals surface area contributed by atoms with Crippen molar-refractivity contribution in [3.8, 4) is 0 Å². The molecule has 0 radical (unpaired) electrons. The predicted octanol–water partition coefficient (Wildman–Crippen LogP) is -1.57. The number of primary amides is 1. The first-order chi connectivity index (χ1) is 5.16. The van der Waals surface area contributed by atoms with Gasteiger partial charge in [-0.05, 0) is 4.63 Å². The standard InChI is InChI=1S/C5H7N3O3/c1-3-4(5(6)9)8(10-2)11-7-3/h1-2H3,(H-,6,9)/p+1. The number of amides is 1. The molecule has 1 heterocycles. The van der Waals surface area contributed by atoms with Crippen molar-refractivity contribution < 1.29 is 19.2 Å². The molecule has 0 spiro atoms. The zero-order chi connectivity index (χ0) is 8.43. The van der Waals surface area contributed by atoms with Crippen LogP contribution in [-0.2, 0) is 0 Å². The zero-order valence-corrected chi connectivity index (χ0v) is 6.20. The van der Waals surface area contributed by atoms with Crippen LogP contribution in [0.25, 0.3) is 0 Å². The Morgan fingerprint density at radius 1 is 1.82 bits per heavy atom. The Labute approximate surface area is 62.4 Å². The van der Waals surface area contributed by atoms with Gasteiger partial charge >= 0.3 is 11.6 Å². The molecule has 0 aliphatic carbocycles. The molecule has 0 atom stereocenters. The van der Waals surface area contributed by atoms with E-state index in [0.29, 0.717) is 5.69 Å². The highest BCUT2D eigenvalue weighted by Gasteiger charge is 2.26. The van der Waals surface area contributed by atoms with Crippen LogP contribution in [0, 0.1) is 6.92 Å². The Morgan fingerprint density at radius 2 is 2.45 bits per heavy atom. The van der Waals surface area contributed by atoms with Crippen LogP contribution in [0.15, 0.2) is 4.63 Å². The first-order valence-corrected chi connectivity index (χ1v) is 2.90. The van der Waals surface area contributed by atoms with E-state index < -0.39 is 5.91 Å². The largest absolute Gasteiger partial charge is 0.362 e. The minimum atomic E-state index is -0.634. The average Bonchev–Trinajstić information content (AvgIpc) is 2.30. The Morgan fingerprint density at radius 3 is 2.82 bits per heavy atom. The highest BCUT2D eigenvalue weighted by molar-refractivity contribution is 5.90. The number of carbonyl (C=O) groups excluding carboxylic acids is 1. The summed E-state index contributed by atoms with van der Waals surface area (Å²) in [5.74, 6) is -0.634. The van der Waals surface area contributed by atoms with Crippen molar-refractivity contribution in [2.45, 2.75) is 6.92 Å². The van der Waals surface area contributed by atoms with Crippen LogP contribution in [0.3, 0.4) is 0 Å². The third-order valence-corrected chi connectivity index (χ3v) is 1.18. The SMILES string of the molecule is CO[n+]1onc(C)c1C(N)=O. The lowest BCUT2D eigenvalue weighted by molar-refractivity contribution is -1.02. The van der Waals surface area contributed by atoms with Gasteiger partial charge in [0.2, 0.25) is 0 Å². The smallest absolute Gasteiger partial charge is 0.332 e. The number of nitrogens with zero attached hydrogens (tertiary/aromatic N) is 2. The Hall–Kier alpha value is -1.59. The molecule has 0 aliphatic heterocycles. The second-order valence-electron chi connectivity index (χ2n) is 1.91. The van der Waals surface area contributed by atoms with Crippen molar-refractivity contribution in [1.82, 2.24) is 5.16 Å². The molecule has 11 heavy (non-hydrogen) atoms. The number of rotatable bonds is 2. The van der Waals surface area contributed by atoms with Crippen molar-refractivity contribution in [3.05, 3.63) is 11.4 Å².